The third kappa shape index (κ3) is 2.90. The first-order chi connectivity index (χ1) is 12.2. The second-order valence-corrected chi connectivity index (χ2v) is 7.58. The Morgan fingerprint density at radius 2 is 2.08 bits per heavy atom. The minimum atomic E-state index is -0.146. The number of rotatable bonds is 5. The summed E-state index contributed by atoms with van der Waals surface area (Å²) in [4.78, 5) is 23.7. The number of carbonyl (C=O) groups excluding carboxylic acids is 1. The second kappa shape index (κ2) is 6.90. The standard InChI is InChI=1S/C19H28N4O2/c1-2-25-16-13-15(19(16)8-3-4-9-19)22-17(24)14-7-5-12-23(14)18-20-10-6-11-21-18/h6,10-11,14-16H,2-5,7-9,12-13H2,1H3,(H,22,24). The Morgan fingerprint density at radius 3 is 2.80 bits per heavy atom. The maximum absolute atomic E-state index is 13.0. The van der Waals surface area contributed by atoms with Crippen molar-refractivity contribution in [3.05, 3.63) is 18.5 Å². The van der Waals surface area contributed by atoms with Crippen molar-refractivity contribution < 1.29 is 9.53 Å². The van der Waals surface area contributed by atoms with Crippen LogP contribution in [0.2, 0.25) is 0 Å². The molecule has 136 valence electrons. The molecule has 1 aromatic rings. The molecule has 3 fully saturated rings. The highest BCUT2D eigenvalue weighted by molar-refractivity contribution is 5.85. The van der Waals surface area contributed by atoms with Gasteiger partial charge in [-0.2, -0.15) is 0 Å². The second-order valence-electron chi connectivity index (χ2n) is 7.58. The lowest BCUT2D eigenvalue weighted by Gasteiger charge is -2.54. The van der Waals surface area contributed by atoms with Crippen molar-refractivity contribution in [1.29, 1.82) is 0 Å². The lowest BCUT2D eigenvalue weighted by Crippen LogP contribution is -2.65. The minimum absolute atomic E-state index is 0.135. The number of anilines is 1. The SMILES string of the molecule is CCOC1CC(NC(=O)C2CCCN2c2ncccn2)C12CCCC2. The number of hydrogen-bond donors (Lipinski definition) is 1. The Bertz CT molecular complexity index is 603. The molecule has 3 atom stereocenters. The minimum Gasteiger partial charge on any atom is -0.378 e. The van der Waals surface area contributed by atoms with Crippen LogP contribution in [-0.2, 0) is 9.53 Å². The predicted molar refractivity (Wildman–Crippen MR) is 95.3 cm³/mol. The molecule has 2 heterocycles. The molecule has 4 rings (SSSR count). The largest absolute Gasteiger partial charge is 0.378 e. The first-order valence-corrected chi connectivity index (χ1v) is 9.70. The van der Waals surface area contributed by atoms with Gasteiger partial charge in [-0.15, -0.1) is 0 Å². The number of amides is 1. The van der Waals surface area contributed by atoms with E-state index in [1.165, 1.54) is 25.7 Å². The molecule has 25 heavy (non-hydrogen) atoms. The fourth-order valence-corrected chi connectivity index (χ4v) is 5.08. The molecule has 1 saturated heterocycles. The average Bonchev–Trinajstić information content (AvgIpc) is 3.32. The van der Waals surface area contributed by atoms with Gasteiger partial charge in [-0.1, -0.05) is 12.8 Å². The molecule has 1 spiro atoms. The molecule has 1 N–H and O–H groups in total. The summed E-state index contributed by atoms with van der Waals surface area (Å²) in [5.74, 6) is 0.799. The van der Waals surface area contributed by atoms with Crippen LogP contribution in [0.1, 0.15) is 51.9 Å². The van der Waals surface area contributed by atoms with Gasteiger partial charge in [0, 0.05) is 37.0 Å². The zero-order valence-corrected chi connectivity index (χ0v) is 15.0. The van der Waals surface area contributed by atoms with Crippen molar-refractivity contribution in [2.75, 3.05) is 18.1 Å². The summed E-state index contributed by atoms with van der Waals surface area (Å²) in [5, 5.41) is 3.36. The van der Waals surface area contributed by atoms with Gasteiger partial charge in [-0.3, -0.25) is 4.79 Å². The van der Waals surface area contributed by atoms with Gasteiger partial charge >= 0.3 is 0 Å². The van der Waals surface area contributed by atoms with E-state index in [-0.39, 0.29) is 23.4 Å². The summed E-state index contributed by atoms with van der Waals surface area (Å²) >= 11 is 0. The Labute approximate surface area is 149 Å². The van der Waals surface area contributed by atoms with E-state index in [2.05, 4.69) is 27.1 Å². The van der Waals surface area contributed by atoms with Crippen molar-refractivity contribution in [1.82, 2.24) is 15.3 Å². The third-order valence-corrected chi connectivity index (χ3v) is 6.37. The van der Waals surface area contributed by atoms with Gasteiger partial charge in [0.2, 0.25) is 11.9 Å². The van der Waals surface area contributed by atoms with E-state index < -0.39 is 0 Å². The van der Waals surface area contributed by atoms with Gasteiger partial charge in [-0.25, -0.2) is 9.97 Å². The molecule has 6 heteroatoms. The number of hydrogen-bond acceptors (Lipinski definition) is 5. The Hall–Kier alpha value is -1.69. The normalized spacial score (nSPS) is 30.4. The molecule has 0 radical (unpaired) electrons. The van der Waals surface area contributed by atoms with Crippen molar-refractivity contribution in [3.63, 3.8) is 0 Å². The quantitative estimate of drug-likeness (QED) is 0.888. The van der Waals surface area contributed by atoms with Crippen molar-refractivity contribution in [2.24, 2.45) is 5.41 Å². The van der Waals surface area contributed by atoms with Crippen LogP contribution in [-0.4, -0.2) is 47.2 Å². The summed E-state index contributed by atoms with van der Waals surface area (Å²) in [5.41, 5.74) is 0.179. The van der Waals surface area contributed by atoms with E-state index in [1.807, 2.05) is 0 Å². The summed E-state index contributed by atoms with van der Waals surface area (Å²) in [6.07, 6.45) is 11.5. The van der Waals surface area contributed by atoms with E-state index in [9.17, 15) is 4.79 Å². The number of nitrogens with one attached hydrogen (secondary N) is 1. The number of aromatic nitrogens is 2. The first kappa shape index (κ1) is 16.8. The van der Waals surface area contributed by atoms with Gasteiger partial charge in [0.05, 0.1) is 6.10 Å². The van der Waals surface area contributed by atoms with Crippen LogP contribution in [0.4, 0.5) is 5.95 Å². The van der Waals surface area contributed by atoms with Crippen molar-refractivity contribution >= 4 is 11.9 Å². The Balaban J connectivity index is 1.43. The van der Waals surface area contributed by atoms with Crippen LogP contribution in [0.3, 0.4) is 0 Å². The van der Waals surface area contributed by atoms with Crippen LogP contribution < -0.4 is 10.2 Å². The summed E-state index contributed by atoms with van der Waals surface area (Å²) in [7, 11) is 0. The maximum Gasteiger partial charge on any atom is 0.243 e. The molecule has 1 aliphatic heterocycles. The third-order valence-electron chi connectivity index (χ3n) is 6.37. The van der Waals surface area contributed by atoms with E-state index in [1.54, 1.807) is 18.5 Å². The zero-order valence-electron chi connectivity index (χ0n) is 15.0. The van der Waals surface area contributed by atoms with E-state index in [4.69, 9.17) is 4.74 Å². The van der Waals surface area contributed by atoms with Gasteiger partial charge in [-0.05, 0) is 45.1 Å². The number of nitrogens with zero attached hydrogens (tertiary/aromatic N) is 3. The predicted octanol–water partition coefficient (Wildman–Crippen LogP) is 2.30. The van der Waals surface area contributed by atoms with E-state index >= 15 is 0 Å². The highest BCUT2D eigenvalue weighted by Gasteiger charge is 2.57. The number of ether oxygens (including phenoxy) is 1. The first-order valence-electron chi connectivity index (χ1n) is 9.70. The molecule has 6 nitrogen and oxygen atoms in total. The Morgan fingerprint density at radius 1 is 1.32 bits per heavy atom. The summed E-state index contributed by atoms with van der Waals surface area (Å²) in [6, 6.07) is 1.92. The molecular formula is C19H28N4O2. The fourth-order valence-electron chi connectivity index (χ4n) is 5.08. The van der Waals surface area contributed by atoms with Gasteiger partial charge in [0.25, 0.3) is 0 Å². The van der Waals surface area contributed by atoms with E-state index in [0.29, 0.717) is 12.1 Å². The molecule has 3 unspecified atom stereocenters. The average molecular weight is 344 g/mol. The molecule has 2 saturated carbocycles. The monoisotopic (exact) mass is 344 g/mol. The maximum atomic E-state index is 13.0. The fraction of sp³-hybridized carbons (Fsp3) is 0.737. The van der Waals surface area contributed by atoms with Crippen LogP contribution >= 0.6 is 0 Å². The molecule has 3 aliphatic rings. The van der Waals surface area contributed by atoms with E-state index in [0.717, 1.165) is 32.4 Å². The smallest absolute Gasteiger partial charge is 0.243 e. The highest BCUT2D eigenvalue weighted by Crippen LogP contribution is 2.54. The Kier molecular flexibility index (Phi) is 4.63. The van der Waals surface area contributed by atoms with Crippen LogP contribution in [0.15, 0.2) is 18.5 Å². The highest BCUT2D eigenvalue weighted by atomic mass is 16.5. The van der Waals surface area contributed by atoms with Crippen LogP contribution in [0, 0.1) is 5.41 Å². The zero-order chi connectivity index (χ0) is 17.3. The van der Waals surface area contributed by atoms with Crippen molar-refractivity contribution in [2.45, 2.75) is 70.1 Å². The molecule has 0 bridgehead atoms. The van der Waals surface area contributed by atoms with Crippen LogP contribution in [0.25, 0.3) is 0 Å². The van der Waals surface area contributed by atoms with Crippen molar-refractivity contribution in [3.8, 4) is 0 Å². The number of carbonyl (C=O) groups is 1. The lowest BCUT2D eigenvalue weighted by molar-refractivity contribution is -0.144. The summed E-state index contributed by atoms with van der Waals surface area (Å²) < 4.78 is 5.96. The molecule has 1 amide bonds. The molecule has 2 aliphatic carbocycles. The van der Waals surface area contributed by atoms with Gasteiger partial charge in [0.15, 0.2) is 0 Å². The topological polar surface area (TPSA) is 67.3 Å². The van der Waals surface area contributed by atoms with Gasteiger partial charge in [0.1, 0.15) is 6.04 Å². The summed E-state index contributed by atoms with van der Waals surface area (Å²) in [6.45, 7) is 3.67. The molecular weight excluding hydrogens is 316 g/mol. The molecule has 0 aromatic carbocycles. The van der Waals surface area contributed by atoms with Gasteiger partial charge < -0.3 is 15.0 Å². The molecule has 1 aromatic heterocycles. The van der Waals surface area contributed by atoms with Crippen LogP contribution in [0.5, 0.6) is 0 Å². The lowest BCUT2D eigenvalue weighted by atomic mass is 9.60.